The van der Waals surface area contributed by atoms with Gasteiger partial charge in [-0.25, -0.2) is 8.42 Å². The number of halogens is 3. The molecule has 1 amide bonds. The average molecular weight is 544 g/mol. The summed E-state index contributed by atoms with van der Waals surface area (Å²) in [6.45, 7) is 3.17. The average Bonchev–Trinajstić information content (AvgIpc) is 3.42. The molecule has 0 atom stereocenters. The number of rotatable bonds is 5. The Hall–Kier alpha value is -3.88. The van der Waals surface area contributed by atoms with Gasteiger partial charge >= 0.3 is 6.18 Å². The predicted octanol–water partition coefficient (Wildman–Crippen LogP) is 6.37. The lowest BCUT2D eigenvalue weighted by molar-refractivity contribution is -0.137. The molecule has 0 saturated heterocycles. The molecule has 0 spiro atoms. The van der Waals surface area contributed by atoms with Gasteiger partial charge in [-0.2, -0.15) is 18.4 Å². The molecule has 2 aromatic carbocycles. The molecule has 2 heterocycles. The Kier molecular flexibility index (Phi) is 6.75. The highest BCUT2D eigenvalue weighted by atomic mass is 32.2. The van der Waals surface area contributed by atoms with E-state index in [1.807, 2.05) is 6.07 Å². The molecule has 6 nitrogen and oxygen atoms in total. The first kappa shape index (κ1) is 26.2. The van der Waals surface area contributed by atoms with E-state index in [0.717, 1.165) is 23.7 Å². The van der Waals surface area contributed by atoms with Gasteiger partial charge in [-0.3, -0.25) is 4.79 Å². The largest absolute Gasteiger partial charge is 0.418 e. The zero-order valence-corrected chi connectivity index (χ0v) is 21.5. The fraction of sp³-hybridized carbons (Fsp3) is 0.154. The van der Waals surface area contributed by atoms with Crippen molar-refractivity contribution >= 4 is 32.8 Å². The third-order valence-corrected chi connectivity index (χ3v) is 7.93. The van der Waals surface area contributed by atoms with E-state index in [1.165, 1.54) is 41.0 Å². The number of benzene rings is 2. The van der Waals surface area contributed by atoms with Gasteiger partial charge < -0.3 is 9.88 Å². The zero-order chi connectivity index (χ0) is 27.1. The Morgan fingerprint density at radius 2 is 1.70 bits per heavy atom. The number of nitrogens with one attached hydrogen (secondary N) is 1. The van der Waals surface area contributed by atoms with E-state index >= 15 is 0 Å². The van der Waals surface area contributed by atoms with Crippen LogP contribution in [-0.2, 0) is 16.0 Å². The van der Waals surface area contributed by atoms with Crippen LogP contribution in [0.5, 0.6) is 0 Å². The van der Waals surface area contributed by atoms with Crippen LogP contribution in [0.25, 0.3) is 16.1 Å². The predicted molar refractivity (Wildman–Crippen MR) is 136 cm³/mol. The van der Waals surface area contributed by atoms with Crippen molar-refractivity contribution in [2.24, 2.45) is 0 Å². The number of nitriles is 1. The van der Waals surface area contributed by atoms with Crippen molar-refractivity contribution in [3.8, 4) is 22.2 Å². The number of aryl methyl sites for hydroxylation is 1. The molecule has 4 rings (SSSR count). The Morgan fingerprint density at radius 1 is 1.03 bits per heavy atom. The number of amides is 1. The SMILES string of the molecule is Cc1cc(C(=O)Nc2ccc(S(C)(=O)=O)cc2)c(C)n1-c1ccc(-c2ccc(C#N)s2)cc1C(F)(F)F. The second-order valence-electron chi connectivity index (χ2n) is 8.38. The molecule has 0 radical (unpaired) electrons. The summed E-state index contributed by atoms with van der Waals surface area (Å²) in [5, 5.41) is 11.7. The monoisotopic (exact) mass is 543 g/mol. The van der Waals surface area contributed by atoms with E-state index in [2.05, 4.69) is 5.32 Å². The molecule has 1 N–H and O–H groups in total. The van der Waals surface area contributed by atoms with Crippen molar-refractivity contribution in [3.05, 3.63) is 88.1 Å². The zero-order valence-electron chi connectivity index (χ0n) is 19.8. The maximum absolute atomic E-state index is 14.1. The van der Waals surface area contributed by atoms with Crippen molar-refractivity contribution < 1.29 is 26.4 Å². The van der Waals surface area contributed by atoms with Crippen molar-refractivity contribution in [2.75, 3.05) is 11.6 Å². The molecule has 4 aromatic rings. The van der Waals surface area contributed by atoms with Crippen molar-refractivity contribution in [1.82, 2.24) is 4.57 Å². The molecule has 11 heteroatoms. The molecule has 0 saturated carbocycles. The number of carbonyl (C=O) groups excluding carboxylic acids is 1. The Morgan fingerprint density at radius 3 is 2.27 bits per heavy atom. The first-order valence-corrected chi connectivity index (χ1v) is 13.5. The summed E-state index contributed by atoms with van der Waals surface area (Å²) in [5.41, 5.74) is 0.594. The first-order valence-electron chi connectivity index (χ1n) is 10.8. The Labute approximate surface area is 215 Å². The number of nitrogens with zero attached hydrogens (tertiary/aromatic N) is 2. The second-order valence-corrected chi connectivity index (χ2v) is 11.5. The van der Waals surface area contributed by atoms with Crippen LogP contribution in [0.1, 0.15) is 32.2 Å². The van der Waals surface area contributed by atoms with E-state index in [-0.39, 0.29) is 16.1 Å². The smallest absolute Gasteiger partial charge is 0.322 e. The summed E-state index contributed by atoms with van der Waals surface area (Å²) in [4.78, 5) is 14.0. The third kappa shape index (κ3) is 5.30. The van der Waals surface area contributed by atoms with Crippen LogP contribution in [0, 0.1) is 25.2 Å². The van der Waals surface area contributed by atoms with E-state index < -0.39 is 27.5 Å². The highest BCUT2D eigenvalue weighted by Crippen LogP contribution is 2.39. The van der Waals surface area contributed by atoms with Gasteiger partial charge in [-0.1, -0.05) is 6.07 Å². The number of anilines is 1. The van der Waals surface area contributed by atoms with Crippen LogP contribution >= 0.6 is 11.3 Å². The van der Waals surface area contributed by atoms with Gasteiger partial charge in [0.25, 0.3) is 5.91 Å². The van der Waals surface area contributed by atoms with E-state index in [1.54, 1.807) is 32.0 Å². The number of carbonyl (C=O) groups is 1. The quantitative estimate of drug-likeness (QED) is 0.317. The minimum atomic E-state index is -4.67. The molecule has 0 fully saturated rings. The molecular formula is C26H20F3N3O3S2. The van der Waals surface area contributed by atoms with Crippen LogP contribution in [-0.4, -0.2) is 25.1 Å². The van der Waals surface area contributed by atoms with Gasteiger partial charge in [-0.15, -0.1) is 11.3 Å². The third-order valence-electron chi connectivity index (χ3n) is 5.76. The summed E-state index contributed by atoms with van der Waals surface area (Å²) in [5.74, 6) is -0.542. The molecule has 37 heavy (non-hydrogen) atoms. The molecule has 190 valence electrons. The van der Waals surface area contributed by atoms with Gasteiger partial charge in [0.1, 0.15) is 10.9 Å². The molecule has 2 aromatic heterocycles. The van der Waals surface area contributed by atoms with E-state index in [0.29, 0.717) is 32.4 Å². The van der Waals surface area contributed by atoms with Crippen LogP contribution in [0.15, 0.2) is 65.6 Å². The number of sulfone groups is 1. The van der Waals surface area contributed by atoms with Crippen molar-refractivity contribution in [2.45, 2.75) is 24.9 Å². The maximum Gasteiger partial charge on any atom is 0.418 e. The molecule has 0 aliphatic rings. The fourth-order valence-electron chi connectivity index (χ4n) is 4.01. The second kappa shape index (κ2) is 9.53. The Bertz CT molecular complexity index is 1660. The molecule has 0 aliphatic heterocycles. The lowest BCUT2D eigenvalue weighted by atomic mass is 10.1. The Balaban J connectivity index is 1.72. The number of hydrogen-bond donors (Lipinski definition) is 1. The molecule has 0 bridgehead atoms. The van der Waals surface area contributed by atoms with Crippen molar-refractivity contribution in [1.29, 1.82) is 5.26 Å². The maximum atomic E-state index is 14.1. The number of aromatic nitrogens is 1. The molecule has 0 aliphatic carbocycles. The summed E-state index contributed by atoms with van der Waals surface area (Å²) < 4.78 is 67.1. The van der Waals surface area contributed by atoms with Gasteiger partial charge in [0, 0.05) is 28.2 Å². The lowest BCUT2D eigenvalue weighted by Crippen LogP contribution is -2.15. The van der Waals surface area contributed by atoms with Crippen LogP contribution in [0.3, 0.4) is 0 Å². The number of alkyl halides is 3. The minimum Gasteiger partial charge on any atom is -0.322 e. The summed E-state index contributed by atoms with van der Waals surface area (Å²) in [7, 11) is -3.40. The van der Waals surface area contributed by atoms with E-state index in [4.69, 9.17) is 5.26 Å². The van der Waals surface area contributed by atoms with Gasteiger partial charge in [0.15, 0.2) is 9.84 Å². The van der Waals surface area contributed by atoms with Gasteiger partial charge in [0.2, 0.25) is 0 Å². The van der Waals surface area contributed by atoms with Crippen LogP contribution < -0.4 is 5.32 Å². The highest BCUT2D eigenvalue weighted by molar-refractivity contribution is 7.90. The fourth-order valence-corrected chi connectivity index (χ4v) is 5.44. The normalized spacial score (nSPS) is 11.8. The van der Waals surface area contributed by atoms with Crippen LogP contribution in [0.2, 0.25) is 0 Å². The minimum absolute atomic E-state index is 0.0956. The summed E-state index contributed by atoms with van der Waals surface area (Å²) in [6, 6.07) is 16.2. The topological polar surface area (TPSA) is 92.0 Å². The van der Waals surface area contributed by atoms with Gasteiger partial charge in [-0.05, 0) is 74.0 Å². The van der Waals surface area contributed by atoms with E-state index in [9.17, 15) is 26.4 Å². The molecular weight excluding hydrogens is 523 g/mol. The van der Waals surface area contributed by atoms with Gasteiger partial charge in [0.05, 0.1) is 21.7 Å². The summed E-state index contributed by atoms with van der Waals surface area (Å²) >= 11 is 1.10. The summed E-state index contributed by atoms with van der Waals surface area (Å²) in [6.07, 6.45) is -3.60. The number of hydrogen-bond acceptors (Lipinski definition) is 5. The van der Waals surface area contributed by atoms with Crippen molar-refractivity contribution in [3.63, 3.8) is 0 Å². The van der Waals surface area contributed by atoms with Crippen LogP contribution in [0.4, 0.5) is 18.9 Å². The lowest BCUT2D eigenvalue weighted by Gasteiger charge is -2.18. The standard InChI is InChI=1S/C26H20F3N3O3S2/c1-15-12-21(25(33)31-18-5-8-20(9-6-18)37(3,34)35)16(2)32(15)23-10-4-17(13-22(23)26(27,28)29)24-11-7-19(14-30)36-24/h4-13H,1-3H3,(H,31,33). The number of thiophene rings is 1. The highest BCUT2D eigenvalue weighted by Gasteiger charge is 2.35. The first-order chi connectivity index (χ1) is 17.3. The molecule has 0 unspecified atom stereocenters.